The number of carbonyl (C=O) groups excluding carboxylic acids is 3. The first-order valence-electron chi connectivity index (χ1n) is 10.6. The predicted molar refractivity (Wildman–Crippen MR) is 113 cm³/mol. The molecule has 1 aromatic rings. The summed E-state index contributed by atoms with van der Waals surface area (Å²) in [5.74, 6) is 0.0391. The van der Waals surface area contributed by atoms with Gasteiger partial charge in [-0.05, 0) is 81.6 Å². The number of thiophene rings is 1. The Kier molecular flexibility index (Phi) is 4.72. The molecule has 0 unspecified atom stereocenters. The van der Waals surface area contributed by atoms with Gasteiger partial charge in [0.25, 0.3) is 0 Å². The summed E-state index contributed by atoms with van der Waals surface area (Å²) in [6.07, 6.45) is 6.40. The molecule has 2 atom stereocenters. The van der Waals surface area contributed by atoms with E-state index >= 15 is 0 Å². The molecule has 0 radical (unpaired) electrons. The normalized spacial score (nSPS) is 34.9. The minimum Gasteiger partial charge on any atom is -0.462 e. The lowest BCUT2D eigenvalue weighted by Gasteiger charge is -2.64. The largest absolute Gasteiger partial charge is 0.462 e. The smallest absolute Gasteiger partial charge is 0.341 e. The monoisotopic (exact) mass is 417 g/mol. The summed E-state index contributed by atoms with van der Waals surface area (Å²) >= 11 is 1.20. The number of hydrogen-bond acceptors (Lipinski definition) is 5. The molecule has 1 N–H and O–H groups in total. The molecule has 0 aromatic carbocycles. The van der Waals surface area contributed by atoms with Crippen LogP contribution >= 0.6 is 11.3 Å². The van der Waals surface area contributed by atoms with Crippen LogP contribution in [-0.2, 0) is 9.53 Å². The van der Waals surface area contributed by atoms with E-state index in [1.807, 2.05) is 0 Å². The highest BCUT2D eigenvalue weighted by Crippen LogP contribution is 2.69. The van der Waals surface area contributed by atoms with Gasteiger partial charge in [0.2, 0.25) is 5.91 Å². The Balaban J connectivity index is 1.68. The van der Waals surface area contributed by atoms with Crippen molar-refractivity contribution in [3.8, 4) is 0 Å². The number of hydrogen-bond donors (Lipinski definition) is 1. The topological polar surface area (TPSA) is 72.5 Å². The van der Waals surface area contributed by atoms with Gasteiger partial charge >= 0.3 is 5.97 Å². The second kappa shape index (κ2) is 6.66. The quantitative estimate of drug-likeness (QED) is 0.516. The molecular formula is C23H31NO4S. The number of ketones is 1. The fraction of sp³-hybridized carbons (Fsp3) is 0.696. The van der Waals surface area contributed by atoms with Gasteiger partial charge in [0.1, 0.15) is 5.00 Å². The van der Waals surface area contributed by atoms with E-state index in [-0.39, 0.29) is 34.5 Å². The van der Waals surface area contributed by atoms with E-state index in [4.69, 9.17) is 4.74 Å². The van der Waals surface area contributed by atoms with Crippen LogP contribution in [0.2, 0.25) is 0 Å². The third-order valence-corrected chi connectivity index (χ3v) is 8.59. The first-order valence-corrected chi connectivity index (χ1v) is 11.4. The molecule has 1 amide bonds. The van der Waals surface area contributed by atoms with Gasteiger partial charge in [-0.2, -0.15) is 0 Å². The number of rotatable bonds is 5. The highest BCUT2D eigenvalue weighted by Gasteiger charge is 2.62. The minimum absolute atomic E-state index is 0.0148. The third-order valence-electron chi connectivity index (χ3n) is 7.28. The van der Waals surface area contributed by atoms with Crippen molar-refractivity contribution >= 4 is 34.0 Å². The summed E-state index contributed by atoms with van der Waals surface area (Å²) in [5.41, 5.74) is 1.01. The molecule has 5 nitrogen and oxygen atoms in total. The molecule has 6 heteroatoms. The zero-order chi connectivity index (χ0) is 21.2. The Morgan fingerprint density at radius 3 is 2.24 bits per heavy atom. The molecule has 4 fully saturated rings. The molecule has 29 heavy (non-hydrogen) atoms. The summed E-state index contributed by atoms with van der Waals surface area (Å²) in [4.78, 5) is 38.8. The minimum atomic E-state index is -0.478. The second-order valence-electron chi connectivity index (χ2n) is 10.4. The Morgan fingerprint density at radius 2 is 1.72 bits per heavy atom. The van der Waals surface area contributed by atoms with Crippen LogP contribution < -0.4 is 5.32 Å². The lowest BCUT2D eigenvalue weighted by atomic mass is 9.40. The van der Waals surface area contributed by atoms with Gasteiger partial charge in [0, 0.05) is 0 Å². The molecule has 1 aromatic heterocycles. The molecule has 0 aliphatic heterocycles. The van der Waals surface area contributed by atoms with Crippen molar-refractivity contribution in [3.63, 3.8) is 0 Å². The van der Waals surface area contributed by atoms with E-state index in [1.165, 1.54) is 37.5 Å². The fourth-order valence-electron chi connectivity index (χ4n) is 7.32. The predicted octanol–water partition coefficient (Wildman–Crippen LogP) is 5.37. The van der Waals surface area contributed by atoms with Gasteiger partial charge in [-0.3, -0.25) is 9.59 Å². The molecule has 0 saturated heterocycles. The number of nitrogens with one attached hydrogen (secondary N) is 1. The number of ether oxygens (including phenoxy) is 1. The SMILES string of the molecule is CCOC(=O)c1c(NC(=O)C23CC4C[C@](C)(C2)C[C@](C)(C4)C3)sc(C(C)=O)c1C. The van der Waals surface area contributed by atoms with Crippen LogP contribution in [0, 0.1) is 29.1 Å². The number of carbonyl (C=O) groups is 3. The van der Waals surface area contributed by atoms with Crippen molar-refractivity contribution in [1.29, 1.82) is 0 Å². The van der Waals surface area contributed by atoms with Crippen molar-refractivity contribution in [2.45, 2.75) is 73.1 Å². The maximum absolute atomic E-state index is 13.6. The van der Waals surface area contributed by atoms with Crippen LogP contribution in [0.4, 0.5) is 5.00 Å². The molecule has 4 saturated carbocycles. The Hall–Kier alpha value is -1.69. The number of amides is 1. The van der Waals surface area contributed by atoms with Crippen molar-refractivity contribution in [2.75, 3.05) is 11.9 Å². The zero-order valence-electron chi connectivity index (χ0n) is 18.1. The van der Waals surface area contributed by atoms with Crippen LogP contribution in [0.15, 0.2) is 0 Å². The lowest BCUT2D eigenvalue weighted by Crippen LogP contribution is -2.58. The zero-order valence-corrected chi connectivity index (χ0v) is 18.9. The van der Waals surface area contributed by atoms with Crippen LogP contribution in [0.3, 0.4) is 0 Å². The maximum Gasteiger partial charge on any atom is 0.341 e. The van der Waals surface area contributed by atoms with Crippen molar-refractivity contribution < 1.29 is 19.1 Å². The van der Waals surface area contributed by atoms with E-state index < -0.39 is 5.97 Å². The highest BCUT2D eigenvalue weighted by molar-refractivity contribution is 7.18. The van der Waals surface area contributed by atoms with Gasteiger partial charge in [-0.25, -0.2) is 4.79 Å². The first kappa shape index (κ1) is 20.6. The molecule has 4 bridgehead atoms. The third kappa shape index (κ3) is 3.33. The Bertz CT molecular complexity index is 883. The average Bonchev–Trinajstić information content (AvgIpc) is 2.88. The second-order valence-corrected chi connectivity index (χ2v) is 11.4. The van der Waals surface area contributed by atoms with Crippen molar-refractivity contribution in [2.24, 2.45) is 22.2 Å². The average molecular weight is 418 g/mol. The summed E-state index contributed by atoms with van der Waals surface area (Å²) in [6, 6.07) is 0. The summed E-state index contributed by atoms with van der Waals surface area (Å²) in [7, 11) is 0. The van der Waals surface area contributed by atoms with Crippen molar-refractivity contribution in [3.05, 3.63) is 16.0 Å². The maximum atomic E-state index is 13.6. The van der Waals surface area contributed by atoms with Crippen LogP contribution in [0.1, 0.15) is 91.8 Å². The molecule has 4 aliphatic rings. The lowest BCUT2D eigenvalue weighted by molar-refractivity contribution is -0.165. The van der Waals surface area contributed by atoms with Crippen LogP contribution in [0.25, 0.3) is 0 Å². The van der Waals surface area contributed by atoms with E-state index in [0.717, 1.165) is 19.3 Å². The first-order chi connectivity index (χ1) is 13.5. The van der Waals surface area contributed by atoms with Gasteiger partial charge < -0.3 is 10.1 Å². The Morgan fingerprint density at radius 1 is 1.10 bits per heavy atom. The van der Waals surface area contributed by atoms with Gasteiger partial charge in [0.15, 0.2) is 5.78 Å². The van der Waals surface area contributed by atoms with Gasteiger partial charge in [0.05, 0.1) is 22.5 Å². The van der Waals surface area contributed by atoms with Crippen LogP contribution in [0.5, 0.6) is 0 Å². The van der Waals surface area contributed by atoms with E-state index in [0.29, 0.717) is 26.9 Å². The van der Waals surface area contributed by atoms with E-state index in [9.17, 15) is 14.4 Å². The molecule has 1 heterocycles. The number of Topliss-reactive ketones (excluding diaryl/α,β-unsaturated/α-hetero) is 1. The molecule has 4 aliphatic carbocycles. The summed E-state index contributed by atoms with van der Waals surface area (Å²) in [5, 5.41) is 3.54. The van der Waals surface area contributed by atoms with Crippen LogP contribution in [-0.4, -0.2) is 24.3 Å². The molecule has 5 rings (SSSR count). The summed E-state index contributed by atoms with van der Waals surface area (Å²) in [6.45, 7) is 9.91. The summed E-state index contributed by atoms with van der Waals surface area (Å²) < 4.78 is 5.21. The standard InChI is InChI=1S/C23H31NO4S/c1-6-28-19(26)16-13(2)17(14(3)25)29-18(16)24-20(27)23-9-15-7-21(4,11-23)10-22(5,8-15)12-23/h15H,6-12H2,1-5H3,(H,24,27)/t15?,21-,22-,23?/m0/s1. The van der Waals surface area contributed by atoms with E-state index in [2.05, 4.69) is 19.2 Å². The molecule has 158 valence electrons. The van der Waals surface area contributed by atoms with Crippen molar-refractivity contribution in [1.82, 2.24) is 0 Å². The number of esters is 1. The Labute approximate surface area is 176 Å². The highest BCUT2D eigenvalue weighted by atomic mass is 32.1. The van der Waals surface area contributed by atoms with Gasteiger partial charge in [-0.15, -0.1) is 11.3 Å². The van der Waals surface area contributed by atoms with E-state index in [1.54, 1.807) is 13.8 Å². The number of anilines is 1. The molecule has 0 spiro atoms. The molecular weight excluding hydrogens is 386 g/mol. The van der Waals surface area contributed by atoms with Gasteiger partial charge in [-0.1, -0.05) is 13.8 Å². The fourth-order valence-corrected chi connectivity index (χ4v) is 8.41.